The van der Waals surface area contributed by atoms with Crippen LogP contribution >= 0.6 is 0 Å². The zero-order chi connectivity index (χ0) is 15.1. The summed E-state index contributed by atoms with van der Waals surface area (Å²) in [6, 6.07) is 10.1. The molecule has 0 radical (unpaired) electrons. The highest BCUT2D eigenvalue weighted by Gasteiger charge is 2.40. The first-order valence-electron chi connectivity index (χ1n) is 7.57. The Labute approximate surface area is 128 Å². The lowest BCUT2D eigenvalue weighted by atomic mass is 10.0. The first-order chi connectivity index (χ1) is 10.7. The van der Waals surface area contributed by atoms with Crippen LogP contribution in [-0.4, -0.2) is 29.5 Å². The van der Waals surface area contributed by atoms with E-state index in [4.69, 9.17) is 5.26 Å². The lowest BCUT2D eigenvalue weighted by Gasteiger charge is -2.23. The SMILES string of the molecule is N#Cc1ccc2cnc(C(=O)NC3CC4CC3CN4)cc2c1. The largest absolute Gasteiger partial charge is 0.348 e. The number of benzene rings is 1. The van der Waals surface area contributed by atoms with E-state index in [0.717, 1.165) is 30.2 Å². The van der Waals surface area contributed by atoms with E-state index in [-0.39, 0.29) is 11.9 Å². The number of piperidine rings is 1. The van der Waals surface area contributed by atoms with Crippen molar-refractivity contribution in [2.45, 2.75) is 24.9 Å². The van der Waals surface area contributed by atoms with E-state index >= 15 is 0 Å². The number of hydrogen-bond donors (Lipinski definition) is 2. The minimum Gasteiger partial charge on any atom is -0.348 e. The predicted molar refractivity (Wildman–Crippen MR) is 82.2 cm³/mol. The molecule has 2 N–H and O–H groups in total. The van der Waals surface area contributed by atoms with Crippen molar-refractivity contribution in [2.24, 2.45) is 5.92 Å². The van der Waals surface area contributed by atoms with Gasteiger partial charge in [0.25, 0.3) is 5.91 Å². The van der Waals surface area contributed by atoms with E-state index in [1.807, 2.05) is 6.07 Å². The summed E-state index contributed by atoms with van der Waals surface area (Å²) in [4.78, 5) is 16.7. The maximum atomic E-state index is 12.4. The van der Waals surface area contributed by atoms with Crippen LogP contribution in [0.1, 0.15) is 28.9 Å². The number of carbonyl (C=O) groups excluding carboxylic acids is 1. The van der Waals surface area contributed by atoms with Crippen LogP contribution < -0.4 is 10.6 Å². The fourth-order valence-electron chi connectivity index (χ4n) is 3.59. The number of pyridine rings is 1. The fourth-order valence-corrected chi connectivity index (χ4v) is 3.59. The molecule has 0 spiro atoms. The Morgan fingerprint density at radius 2 is 2.23 bits per heavy atom. The number of aromatic nitrogens is 1. The molecule has 4 rings (SSSR count). The molecule has 3 unspecified atom stereocenters. The molecule has 110 valence electrons. The summed E-state index contributed by atoms with van der Waals surface area (Å²) in [5.74, 6) is 0.418. The van der Waals surface area contributed by atoms with Gasteiger partial charge in [-0.2, -0.15) is 5.26 Å². The van der Waals surface area contributed by atoms with Crippen LogP contribution in [0.25, 0.3) is 10.8 Å². The zero-order valence-electron chi connectivity index (χ0n) is 12.0. The van der Waals surface area contributed by atoms with Gasteiger partial charge in [-0.15, -0.1) is 0 Å². The Hall–Kier alpha value is -2.45. The van der Waals surface area contributed by atoms with Gasteiger partial charge in [-0.05, 0) is 42.3 Å². The summed E-state index contributed by atoms with van der Waals surface area (Å²) in [5, 5.41) is 17.3. The molecule has 2 aliphatic rings. The van der Waals surface area contributed by atoms with E-state index in [9.17, 15) is 4.79 Å². The first-order valence-corrected chi connectivity index (χ1v) is 7.57. The molecule has 1 amide bonds. The highest BCUT2D eigenvalue weighted by molar-refractivity contribution is 5.96. The normalized spacial score (nSPS) is 26.0. The van der Waals surface area contributed by atoms with Crippen LogP contribution in [-0.2, 0) is 0 Å². The Morgan fingerprint density at radius 3 is 2.95 bits per heavy atom. The highest BCUT2D eigenvalue weighted by Crippen LogP contribution is 2.31. The number of fused-ring (bicyclic) bond motifs is 3. The molecule has 1 aromatic heterocycles. The van der Waals surface area contributed by atoms with E-state index in [0.29, 0.717) is 23.2 Å². The van der Waals surface area contributed by atoms with Crippen molar-refractivity contribution in [2.75, 3.05) is 6.54 Å². The molecule has 2 aromatic rings. The van der Waals surface area contributed by atoms with Gasteiger partial charge in [-0.25, -0.2) is 0 Å². The lowest BCUT2D eigenvalue weighted by molar-refractivity contribution is 0.0920. The minimum atomic E-state index is -0.123. The summed E-state index contributed by atoms with van der Waals surface area (Å²) < 4.78 is 0. The van der Waals surface area contributed by atoms with Gasteiger partial charge in [0.05, 0.1) is 11.6 Å². The van der Waals surface area contributed by atoms with Crippen LogP contribution in [0.3, 0.4) is 0 Å². The molecular formula is C17H16N4O. The third-order valence-corrected chi connectivity index (χ3v) is 4.76. The number of amides is 1. The van der Waals surface area contributed by atoms with Gasteiger partial charge < -0.3 is 10.6 Å². The van der Waals surface area contributed by atoms with Crippen molar-refractivity contribution in [1.29, 1.82) is 5.26 Å². The maximum absolute atomic E-state index is 12.4. The summed E-state index contributed by atoms with van der Waals surface area (Å²) in [7, 11) is 0. The zero-order valence-corrected chi connectivity index (χ0v) is 12.0. The second-order valence-corrected chi connectivity index (χ2v) is 6.16. The molecule has 5 heteroatoms. The topological polar surface area (TPSA) is 77.8 Å². The van der Waals surface area contributed by atoms with Crippen molar-refractivity contribution >= 4 is 16.7 Å². The summed E-state index contributed by atoms with van der Waals surface area (Å²) in [6.45, 7) is 0.992. The Kier molecular flexibility index (Phi) is 3.05. The third kappa shape index (κ3) is 2.22. The van der Waals surface area contributed by atoms with Gasteiger partial charge in [0.15, 0.2) is 0 Å². The summed E-state index contributed by atoms with van der Waals surface area (Å²) >= 11 is 0. The molecule has 1 aliphatic heterocycles. The van der Waals surface area contributed by atoms with Crippen LogP contribution in [0.5, 0.6) is 0 Å². The van der Waals surface area contributed by atoms with E-state index < -0.39 is 0 Å². The lowest BCUT2D eigenvalue weighted by Crippen LogP contribution is -2.44. The smallest absolute Gasteiger partial charge is 0.270 e. The van der Waals surface area contributed by atoms with Crippen molar-refractivity contribution in [3.8, 4) is 6.07 Å². The van der Waals surface area contributed by atoms with Crippen LogP contribution in [0.15, 0.2) is 30.5 Å². The summed E-state index contributed by atoms with van der Waals surface area (Å²) in [6.07, 6.45) is 3.85. The molecule has 22 heavy (non-hydrogen) atoms. The molecule has 2 bridgehead atoms. The number of nitrogens with zero attached hydrogens (tertiary/aromatic N) is 2. The van der Waals surface area contributed by atoms with Crippen molar-refractivity contribution in [3.63, 3.8) is 0 Å². The van der Waals surface area contributed by atoms with E-state index in [2.05, 4.69) is 21.7 Å². The van der Waals surface area contributed by atoms with Crippen LogP contribution in [0.4, 0.5) is 0 Å². The molecule has 5 nitrogen and oxygen atoms in total. The van der Waals surface area contributed by atoms with Gasteiger partial charge in [0.2, 0.25) is 0 Å². The summed E-state index contributed by atoms with van der Waals surface area (Å²) in [5.41, 5.74) is 1.00. The molecule has 1 saturated carbocycles. The molecular weight excluding hydrogens is 276 g/mol. The third-order valence-electron chi connectivity index (χ3n) is 4.76. The quantitative estimate of drug-likeness (QED) is 0.881. The van der Waals surface area contributed by atoms with Crippen molar-refractivity contribution in [1.82, 2.24) is 15.6 Å². The molecule has 2 fully saturated rings. The Morgan fingerprint density at radius 1 is 1.32 bits per heavy atom. The Bertz CT molecular complexity index is 795. The molecule has 1 aromatic carbocycles. The fraction of sp³-hybridized carbons (Fsp3) is 0.353. The molecule has 3 atom stereocenters. The van der Waals surface area contributed by atoms with Crippen molar-refractivity contribution in [3.05, 3.63) is 41.7 Å². The van der Waals surface area contributed by atoms with Gasteiger partial charge >= 0.3 is 0 Å². The van der Waals surface area contributed by atoms with Crippen molar-refractivity contribution < 1.29 is 4.79 Å². The average Bonchev–Trinajstić information content (AvgIpc) is 3.16. The second kappa shape index (κ2) is 5.08. The van der Waals surface area contributed by atoms with E-state index in [1.54, 1.807) is 24.4 Å². The molecule has 1 aliphatic carbocycles. The monoisotopic (exact) mass is 292 g/mol. The number of carbonyl (C=O) groups is 1. The molecule has 2 heterocycles. The number of rotatable bonds is 2. The number of hydrogen-bond acceptors (Lipinski definition) is 4. The van der Waals surface area contributed by atoms with Crippen LogP contribution in [0, 0.1) is 17.2 Å². The highest BCUT2D eigenvalue weighted by atomic mass is 16.1. The first kappa shape index (κ1) is 13.2. The predicted octanol–water partition coefficient (Wildman–Crippen LogP) is 1.59. The van der Waals surface area contributed by atoms with Gasteiger partial charge in [0.1, 0.15) is 5.69 Å². The van der Waals surface area contributed by atoms with Gasteiger partial charge in [0, 0.05) is 30.2 Å². The minimum absolute atomic E-state index is 0.123. The standard InChI is InChI=1S/C17H16N4O/c18-7-10-1-2-11-8-20-16(5-12(11)3-10)17(22)21-15-6-14-4-13(15)9-19-14/h1-3,5,8,13-15,19H,4,6,9H2,(H,21,22). The average molecular weight is 292 g/mol. The Balaban J connectivity index is 1.57. The maximum Gasteiger partial charge on any atom is 0.270 e. The number of nitrogens with one attached hydrogen (secondary N) is 2. The van der Waals surface area contributed by atoms with E-state index in [1.165, 1.54) is 0 Å². The second-order valence-electron chi connectivity index (χ2n) is 6.16. The number of nitriles is 1. The molecule has 1 saturated heterocycles. The van der Waals surface area contributed by atoms with Crippen LogP contribution in [0.2, 0.25) is 0 Å². The van der Waals surface area contributed by atoms with Gasteiger partial charge in [-0.1, -0.05) is 6.07 Å². The van der Waals surface area contributed by atoms with Gasteiger partial charge in [-0.3, -0.25) is 9.78 Å².